The van der Waals surface area contributed by atoms with Crippen LogP contribution in [0.4, 0.5) is 10.1 Å². The number of ether oxygens (including phenoxy) is 1. The minimum atomic E-state index is -0.359. The first kappa shape index (κ1) is 21.4. The highest BCUT2D eigenvalue weighted by Gasteiger charge is 2.23. The molecule has 3 rings (SSSR count). The number of rotatable bonds is 6. The highest BCUT2D eigenvalue weighted by molar-refractivity contribution is 6.36. The number of hydrogen-bond donors (Lipinski definition) is 1. The van der Waals surface area contributed by atoms with Crippen molar-refractivity contribution in [1.29, 1.82) is 0 Å². The van der Waals surface area contributed by atoms with E-state index in [0.717, 1.165) is 0 Å². The second kappa shape index (κ2) is 9.91. The van der Waals surface area contributed by atoms with E-state index in [2.05, 4.69) is 5.32 Å². The van der Waals surface area contributed by atoms with Crippen molar-refractivity contribution in [2.45, 2.75) is 0 Å². The second-order valence-electron chi connectivity index (χ2n) is 6.57. The molecule has 1 aliphatic rings. The van der Waals surface area contributed by atoms with Gasteiger partial charge in [0.2, 0.25) is 5.91 Å². The van der Waals surface area contributed by atoms with Gasteiger partial charge in [-0.05, 0) is 42.5 Å². The van der Waals surface area contributed by atoms with E-state index in [1.807, 2.05) is 4.90 Å². The molecule has 0 saturated carbocycles. The van der Waals surface area contributed by atoms with Gasteiger partial charge >= 0.3 is 0 Å². The van der Waals surface area contributed by atoms with Gasteiger partial charge in [0, 0.05) is 31.2 Å². The zero-order chi connectivity index (χ0) is 20.8. The maximum Gasteiger partial charge on any atom is 0.260 e. The number of benzene rings is 2. The summed E-state index contributed by atoms with van der Waals surface area (Å²) >= 11 is 11.9. The Morgan fingerprint density at radius 3 is 2.38 bits per heavy atom. The van der Waals surface area contributed by atoms with Crippen molar-refractivity contribution < 1.29 is 18.7 Å². The standard InChI is InChI=1S/C20H20Cl2FN3O3/c21-14-1-6-18(17(22)11-14)24-19(27)12-25-7-9-26(10-8-25)20(28)13-29-16-4-2-15(23)3-5-16/h1-6,11H,7-10,12-13H2,(H,24,27). The van der Waals surface area contributed by atoms with Gasteiger partial charge in [-0.3, -0.25) is 14.5 Å². The number of carbonyl (C=O) groups is 2. The van der Waals surface area contributed by atoms with E-state index >= 15 is 0 Å². The summed E-state index contributed by atoms with van der Waals surface area (Å²) in [6.45, 7) is 2.24. The Morgan fingerprint density at radius 2 is 1.72 bits per heavy atom. The lowest BCUT2D eigenvalue weighted by Crippen LogP contribution is -2.51. The molecule has 0 spiro atoms. The van der Waals surface area contributed by atoms with Crippen LogP contribution in [-0.4, -0.2) is 60.9 Å². The van der Waals surface area contributed by atoms with Crippen LogP contribution in [0.5, 0.6) is 5.75 Å². The first-order valence-electron chi connectivity index (χ1n) is 9.04. The lowest BCUT2D eigenvalue weighted by atomic mass is 10.3. The molecule has 0 aromatic heterocycles. The van der Waals surface area contributed by atoms with Gasteiger partial charge in [0.05, 0.1) is 17.3 Å². The minimum absolute atomic E-state index is 0.110. The van der Waals surface area contributed by atoms with Gasteiger partial charge in [-0.1, -0.05) is 23.2 Å². The number of piperazine rings is 1. The molecule has 0 unspecified atom stereocenters. The van der Waals surface area contributed by atoms with Crippen molar-refractivity contribution in [3.8, 4) is 5.75 Å². The molecule has 154 valence electrons. The van der Waals surface area contributed by atoms with Crippen LogP contribution in [0, 0.1) is 5.82 Å². The summed E-state index contributed by atoms with van der Waals surface area (Å²) in [6, 6.07) is 10.4. The molecule has 0 radical (unpaired) electrons. The van der Waals surface area contributed by atoms with E-state index in [0.29, 0.717) is 47.7 Å². The number of amides is 2. The van der Waals surface area contributed by atoms with E-state index < -0.39 is 0 Å². The Bertz CT molecular complexity index is 872. The summed E-state index contributed by atoms with van der Waals surface area (Å²) in [4.78, 5) is 28.2. The van der Waals surface area contributed by atoms with Gasteiger partial charge in [0.1, 0.15) is 11.6 Å². The van der Waals surface area contributed by atoms with Crippen LogP contribution < -0.4 is 10.1 Å². The molecule has 2 amide bonds. The molecule has 2 aromatic rings. The van der Waals surface area contributed by atoms with E-state index in [1.165, 1.54) is 24.3 Å². The summed E-state index contributed by atoms with van der Waals surface area (Å²) in [5, 5.41) is 3.64. The van der Waals surface area contributed by atoms with Crippen LogP contribution in [0.2, 0.25) is 10.0 Å². The zero-order valence-corrected chi connectivity index (χ0v) is 17.0. The van der Waals surface area contributed by atoms with Gasteiger partial charge < -0.3 is 15.0 Å². The van der Waals surface area contributed by atoms with E-state index in [9.17, 15) is 14.0 Å². The van der Waals surface area contributed by atoms with Crippen molar-refractivity contribution in [2.75, 3.05) is 44.6 Å². The molecular formula is C20H20Cl2FN3O3. The maximum atomic E-state index is 12.9. The molecule has 1 heterocycles. The van der Waals surface area contributed by atoms with Crippen LogP contribution in [0.1, 0.15) is 0 Å². The molecule has 0 bridgehead atoms. The molecule has 1 aliphatic heterocycles. The van der Waals surface area contributed by atoms with Crippen LogP contribution in [0.15, 0.2) is 42.5 Å². The van der Waals surface area contributed by atoms with Crippen molar-refractivity contribution in [3.05, 3.63) is 58.3 Å². The lowest BCUT2D eigenvalue weighted by Gasteiger charge is -2.34. The van der Waals surface area contributed by atoms with Gasteiger partial charge in [-0.2, -0.15) is 0 Å². The largest absolute Gasteiger partial charge is 0.484 e. The normalized spacial score (nSPS) is 14.5. The smallest absolute Gasteiger partial charge is 0.260 e. The fourth-order valence-corrected chi connectivity index (χ4v) is 3.36. The molecule has 0 atom stereocenters. The van der Waals surface area contributed by atoms with Gasteiger partial charge in [0.15, 0.2) is 6.61 Å². The summed E-state index contributed by atoms with van der Waals surface area (Å²) in [7, 11) is 0. The monoisotopic (exact) mass is 439 g/mol. The Hall–Kier alpha value is -2.35. The molecule has 9 heteroatoms. The molecule has 2 aromatic carbocycles. The highest BCUT2D eigenvalue weighted by Crippen LogP contribution is 2.25. The predicted molar refractivity (Wildman–Crippen MR) is 110 cm³/mol. The number of halogens is 3. The average molecular weight is 440 g/mol. The van der Waals surface area contributed by atoms with Gasteiger partial charge in [-0.25, -0.2) is 4.39 Å². The summed E-state index contributed by atoms with van der Waals surface area (Å²) in [6.07, 6.45) is 0. The van der Waals surface area contributed by atoms with Crippen LogP contribution >= 0.6 is 23.2 Å². The van der Waals surface area contributed by atoms with Crippen molar-refractivity contribution in [1.82, 2.24) is 9.80 Å². The number of anilines is 1. The maximum absolute atomic E-state index is 12.9. The fourth-order valence-electron chi connectivity index (χ4n) is 2.91. The van der Waals surface area contributed by atoms with E-state index in [-0.39, 0.29) is 30.8 Å². The van der Waals surface area contributed by atoms with Crippen molar-refractivity contribution in [2.24, 2.45) is 0 Å². The summed E-state index contributed by atoms with van der Waals surface area (Å²) in [5.74, 6) is -0.252. The van der Waals surface area contributed by atoms with Crippen molar-refractivity contribution >= 4 is 40.7 Å². The minimum Gasteiger partial charge on any atom is -0.484 e. The van der Waals surface area contributed by atoms with Crippen LogP contribution in [0.3, 0.4) is 0 Å². The van der Waals surface area contributed by atoms with Crippen LogP contribution in [0.25, 0.3) is 0 Å². The number of nitrogens with zero attached hydrogens (tertiary/aromatic N) is 2. The highest BCUT2D eigenvalue weighted by atomic mass is 35.5. The first-order valence-corrected chi connectivity index (χ1v) is 9.80. The third-order valence-corrected chi connectivity index (χ3v) is 5.02. The predicted octanol–water partition coefficient (Wildman–Crippen LogP) is 3.29. The molecule has 6 nitrogen and oxygen atoms in total. The quantitative estimate of drug-likeness (QED) is 0.749. The first-order chi connectivity index (χ1) is 13.9. The number of carbonyl (C=O) groups excluding carboxylic acids is 2. The third-order valence-electron chi connectivity index (χ3n) is 4.47. The molecule has 0 aliphatic carbocycles. The van der Waals surface area contributed by atoms with Gasteiger partial charge in [0.25, 0.3) is 5.91 Å². The molecule has 1 N–H and O–H groups in total. The zero-order valence-electron chi connectivity index (χ0n) is 15.5. The third kappa shape index (κ3) is 6.32. The van der Waals surface area contributed by atoms with Crippen LogP contribution in [-0.2, 0) is 9.59 Å². The van der Waals surface area contributed by atoms with E-state index in [4.69, 9.17) is 27.9 Å². The Labute approximate surface area is 178 Å². The topological polar surface area (TPSA) is 61.9 Å². The SMILES string of the molecule is O=C(CN1CCN(C(=O)COc2ccc(F)cc2)CC1)Nc1ccc(Cl)cc1Cl. The van der Waals surface area contributed by atoms with Crippen molar-refractivity contribution in [3.63, 3.8) is 0 Å². The molecular weight excluding hydrogens is 420 g/mol. The Kier molecular flexibility index (Phi) is 7.30. The second-order valence-corrected chi connectivity index (χ2v) is 7.42. The molecule has 29 heavy (non-hydrogen) atoms. The lowest BCUT2D eigenvalue weighted by molar-refractivity contribution is -0.135. The fraction of sp³-hybridized carbons (Fsp3) is 0.300. The van der Waals surface area contributed by atoms with Gasteiger partial charge in [-0.15, -0.1) is 0 Å². The number of nitrogens with one attached hydrogen (secondary N) is 1. The molecule has 1 saturated heterocycles. The summed E-state index contributed by atoms with van der Waals surface area (Å²) in [5.41, 5.74) is 0.507. The Balaban J connectivity index is 1.40. The summed E-state index contributed by atoms with van der Waals surface area (Å²) < 4.78 is 18.3. The average Bonchev–Trinajstić information content (AvgIpc) is 2.70. The van der Waals surface area contributed by atoms with E-state index in [1.54, 1.807) is 23.1 Å². The molecule has 1 fully saturated rings. The Morgan fingerprint density at radius 1 is 1.03 bits per heavy atom. The number of hydrogen-bond acceptors (Lipinski definition) is 4.